The zero-order valence-electron chi connectivity index (χ0n) is 11.3. The molecule has 1 amide bonds. The molecule has 114 valence electrons. The van der Waals surface area contributed by atoms with Gasteiger partial charge in [0.2, 0.25) is 11.7 Å². The molecule has 1 unspecified atom stereocenters. The van der Waals surface area contributed by atoms with Gasteiger partial charge in [-0.05, 0) is 6.07 Å². The Morgan fingerprint density at radius 3 is 2.67 bits per heavy atom. The summed E-state index contributed by atoms with van der Waals surface area (Å²) in [6, 6.07) is 2.00. The van der Waals surface area contributed by atoms with Crippen molar-refractivity contribution in [3.63, 3.8) is 0 Å². The number of rotatable bonds is 6. The molecule has 9 heteroatoms. The van der Waals surface area contributed by atoms with E-state index in [9.17, 15) is 24.1 Å². The molecular formula is C12H13FN2O6. The number of para-hydroxylation sites is 1. The molecule has 1 aromatic rings. The van der Waals surface area contributed by atoms with Crippen molar-refractivity contribution in [3.05, 3.63) is 34.1 Å². The highest BCUT2D eigenvalue weighted by Gasteiger charge is 2.25. The molecule has 0 fully saturated rings. The molecule has 0 bridgehead atoms. The van der Waals surface area contributed by atoms with Crippen molar-refractivity contribution < 1.29 is 28.4 Å². The van der Waals surface area contributed by atoms with Crippen LogP contribution in [0.25, 0.3) is 0 Å². The first-order valence-electron chi connectivity index (χ1n) is 5.77. The number of hydrogen-bond donors (Lipinski definition) is 1. The Labute approximate surface area is 119 Å². The second kappa shape index (κ2) is 7.17. The van der Waals surface area contributed by atoms with Gasteiger partial charge in [-0.15, -0.1) is 0 Å². The lowest BCUT2D eigenvalue weighted by Gasteiger charge is -2.16. The Morgan fingerprint density at radius 1 is 1.48 bits per heavy atom. The Morgan fingerprint density at radius 2 is 2.14 bits per heavy atom. The number of carbonyl (C=O) groups excluding carboxylic acids is 2. The number of benzene rings is 1. The van der Waals surface area contributed by atoms with Gasteiger partial charge in [0.15, 0.2) is 11.9 Å². The monoisotopic (exact) mass is 300 g/mol. The molecule has 0 heterocycles. The van der Waals surface area contributed by atoms with Crippen LogP contribution in [0, 0.1) is 15.9 Å². The third-order valence-corrected chi connectivity index (χ3v) is 2.40. The molecule has 1 rings (SSSR count). The van der Waals surface area contributed by atoms with Crippen molar-refractivity contribution in [2.24, 2.45) is 0 Å². The number of halogens is 1. The first-order valence-corrected chi connectivity index (χ1v) is 5.77. The zero-order chi connectivity index (χ0) is 16.0. The van der Waals surface area contributed by atoms with E-state index in [4.69, 9.17) is 4.74 Å². The topological polar surface area (TPSA) is 108 Å². The van der Waals surface area contributed by atoms with Crippen LogP contribution in [-0.4, -0.2) is 36.6 Å². The third kappa shape index (κ3) is 4.41. The summed E-state index contributed by atoms with van der Waals surface area (Å²) in [7, 11) is 1.10. The fourth-order valence-corrected chi connectivity index (χ4v) is 1.51. The summed E-state index contributed by atoms with van der Waals surface area (Å²) in [5.41, 5.74) is -0.582. The molecule has 1 N–H and O–H groups in total. The first-order chi connectivity index (χ1) is 9.86. The second-order valence-electron chi connectivity index (χ2n) is 3.93. The van der Waals surface area contributed by atoms with E-state index in [0.717, 1.165) is 25.3 Å². The van der Waals surface area contributed by atoms with Crippen LogP contribution in [-0.2, 0) is 14.3 Å². The largest absolute Gasteiger partial charge is 0.482 e. The van der Waals surface area contributed by atoms with Gasteiger partial charge < -0.3 is 14.8 Å². The fourth-order valence-electron chi connectivity index (χ4n) is 1.51. The van der Waals surface area contributed by atoms with Crippen molar-refractivity contribution in [2.45, 2.75) is 13.0 Å². The van der Waals surface area contributed by atoms with E-state index < -0.39 is 46.7 Å². The Hall–Kier alpha value is -2.71. The number of hydrogen-bond acceptors (Lipinski definition) is 6. The smallest absolute Gasteiger partial charge is 0.331 e. The number of methoxy groups -OCH3 is 1. The minimum Gasteiger partial charge on any atom is -0.482 e. The molecule has 0 radical (unpaired) electrons. The van der Waals surface area contributed by atoms with E-state index in [1.165, 1.54) is 6.92 Å². The molecule has 0 aromatic heterocycles. The molecule has 1 aromatic carbocycles. The maximum Gasteiger partial charge on any atom is 0.331 e. The summed E-state index contributed by atoms with van der Waals surface area (Å²) in [5.74, 6) is -2.90. The number of nitro groups is 1. The number of nitrogens with zero attached hydrogens (tertiary/aromatic N) is 1. The van der Waals surface area contributed by atoms with Crippen LogP contribution in [0.1, 0.15) is 6.92 Å². The van der Waals surface area contributed by atoms with Crippen LogP contribution in [0.3, 0.4) is 0 Å². The maximum atomic E-state index is 13.6. The molecule has 0 saturated carbocycles. The average Bonchev–Trinajstić information content (AvgIpc) is 2.42. The van der Waals surface area contributed by atoms with Gasteiger partial charge in [-0.3, -0.25) is 14.9 Å². The minimum atomic E-state index is -1.20. The van der Waals surface area contributed by atoms with E-state index in [-0.39, 0.29) is 0 Å². The van der Waals surface area contributed by atoms with Crippen molar-refractivity contribution in [1.82, 2.24) is 5.32 Å². The molecule has 0 aliphatic heterocycles. The van der Waals surface area contributed by atoms with Gasteiger partial charge in [-0.2, -0.15) is 0 Å². The molecule has 21 heavy (non-hydrogen) atoms. The summed E-state index contributed by atoms with van der Waals surface area (Å²) in [5, 5.41) is 13.0. The van der Waals surface area contributed by atoms with E-state index in [2.05, 4.69) is 10.1 Å². The quantitative estimate of drug-likeness (QED) is 0.473. The molecule has 8 nitrogen and oxygen atoms in total. The molecular weight excluding hydrogens is 287 g/mol. The Kier molecular flexibility index (Phi) is 5.58. The third-order valence-electron chi connectivity index (χ3n) is 2.40. The number of carbonyl (C=O) groups is 2. The minimum absolute atomic E-state index is 0.506. The summed E-state index contributed by atoms with van der Waals surface area (Å²) >= 11 is 0. The van der Waals surface area contributed by atoms with E-state index >= 15 is 0 Å². The normalized spacial score (nSPS) is 11.4. The van der Waals surface area contributed by atoms with Crippen LogP contribution < -0.4 is 10.1 Å². The highest BCUT2D eigenvalue weighted by atomic mass is 19.1. The molecule has 0 aliphatic rings. The molecule has 0 spiro atoms. The Bertz CT molecular complexity index is 563. The summed E-state index contributed by atoms with van der Waals surface area (Å²) in [6.07, 6.45) is 0. The van der Waals surface area contributed by atoms with Gasteiger partial charge in [0.05, 0.1) is 12.0 Å². The molecule has 0 aliphatic carbocycles. The van der Waals surface area contributed by atoms with E-state index in [1.807, 2.05) is 0 Å². The lowest BCUT2D eigenvalue weighted by Crippen LogP contribution is -2.44. The number of nitro benzene ring substituents is 1. The van der Waals surface area contributed by atoms with Crippen molar-refractivity contribution in [2.75, 3.05) is 13.7 Å². The van der Waals surface area contributed by atoms with Crippen molar-refractivity contribution in [1.29, 1.82) is 0 Å². The number of amides is 1. The second-order valence-corrected chi connectivity index (χ2v) is 3.93. The molecule has 1 atom stereocenters. The highest BCUT2D eigenvalue weighted by Crippen LogP contribution is 2.29. The van der Waals surface area contributed by atoms with Crippen molar-refractivity contribution >= 4 is 17.6 Å². The van der Waals surface area contributed by atoms with Gasteiger partial charge >= 0.3 is 11.7 Å². The van der Waals surface area contributed by atoms with Crippen LogP contribution in [0.5, 0.6) is 5.75 Å². The van der Waals surface area contributed by atoms with Gasteiger partial charge in [-0.1, -0.05) is 6.07 Å². The first kappa shape index (κ1) is 16.3. The number of nitrogens with one attached hydrogen (secondary N) is 1. The Balaban J connectivity index is 2.92. The predicted octanol–water partition coefficient (Wildman–Crippen LogP) is 0.790. The van der Waals surface area contributed by atoms with Gasteiger partial charge in [0.25, 0.3) is 0 Å². The van der Waals surface area contributed by atoms with Gasteiger partial charge in [-0.25, -0.2) is 9.18 Å². The summed E-state index contributed by atoms with van der Waals surface area (Å²) in [4.78, 5) is 32.4. The highest BCUT2D eigenvalue weighted by molar-refractivity contribution is 5.83. The predicted molar refractivity (Wildman–Crippen MR) is 68.2 cm³/mol. The maximum absolute atomic E-state index is 13.6. The van der Waals surface area contributed by atoms with Crippen LogP contribution in [0.4, 0.5) is 10.1 Å². The van der Waals surface area contributed by atoms with Crippen LogP contribution in [0.2, 0.25) is 0 Å². The average molecular weight is 300 g/mol. The number of esters is 1. The van der Waals surface area contributed by atoms with E-state index in [1.54, 1.807) is 0 Å². The van der Waals surface area contributed by atoms with Gasteiger partial charge in [0, 0.05) is 13.0 Å². The molecule has 0 saturated heterocycles. The summed E-state index contributed by atoms with van der Waals surface area (Å²) in [6.45, 7) is 0.662. The standard InChI is InChI=1S/C12H13FN2O6/c1-7(16)14-9(12(17)20-2)6-21-11-8(13)4-3-5-10(11)15(18)19/h3-5,9H,6H2,1-2H3,(H,14,16). The van der Waals surface area contributed by atoms with Gasteiger partial charge in [0.1, 0.15) is 6.61 Å². The SMILES string of the molecule is COC(=O)C(COc1c(F)cccc1[N+](=O)[O-])NC(C)=O. The number of ether oxygens (including phenoxy) is 2. The summed E-state index contributed by atoms with van der Waals surface area (Å²) < 4.78 is 23.0. The van der Waals surface area contributed by atoms with Crippen LogP contribution in [0.15, 0.2) is 18.2 Å². The zero-order valence-corrected chi connectivity index (χ0v) is 11.3. The van der Waals surface area contributed by atoms with Crippen molar-refractivity contribution in [3.8, 4) is 5.75 Å². The fraction of sp³-hybridized carbons (Fsp3) is 0.333. The van der Waals surface area contributed by atoms with Crippen LogP contribution >= 0.6 is 0 Å². The lowest BCUT2D eigenvalue weighted by atomic mass is 10.2. The lowest BCUT2D eigenvalue weighted by molar-refractivity contribution is -0.386. The van der Waals surface area contributed by atoms with E-state index in [0.29, 0.717) is 0 Å².